The van der Waals surface area contributed by atoms with E-state index in [9.17, 15) is 4.39 Å². The fraction of sp³-hybridized carbons (Fsp3) is 0.692. The molecule has 0 N–H and O–H groups in total. The van der Waals surface area contributed by atoms with Gasteiger partial charge in [-0.15, -0.1) is 0 Å². The first-order valence-corrected chi connectivity index (χ1v) is 6.07. The molecule has 0 aromatic rings. The number of allylic oxidation sites excluding steroid dienone is 2. The summed E-state index contributed by atoms with van der Waals surface area (Å²) in [7, 11) is 2.14. The van der Waals surface area contributed by atoms with Crippen molar-refractivity contribution in [3.05, 3.63) is 23.6 Å². The van der Waals surface area contributed by atoms with Gasteiger partial charge in [-0.3, -0.25) is 4.90 Å². The molecule has 0 unspecified atom stereocenters. The number of hydrogen-bond donors (Lipinski definition) is 0. The van der Waals surface area contributed by atoms with E-state index in [1.54, 1.807) is 6.08 Å². The van der Waals surface area contributed by atoms with Crippen LogP contribution in [0.25, 0.3) is 0 Å². The molecule has 0 spiro atoms. The molecule has 0 atom stereocenters. The summed E-state index contributed by atoms with van der Waals surface area (Å²) in [5.74, 6) is -0.0257. The Labute approximate surface area is 98.4 Å². The number of halogens is 1. The van der Waals surface area contributed by atoms with Crippen molar-refractivity contribution in [2.75, 3.05) is 39.8 Å². The van der Waals surface area contributed by atoms with Gasteiger partial charge in [0.1, 0.15) is 0 Å². The molecule has 0 aromatic carbocycles. The van der Waals surface area contributed by atoms with Crippen LogP contribution in [0.3, 0.4) is 0 Å². The number of hydrogen-bond acceptors (Lipinski definition) is 2. The Morgan fingerprint density at radius 1 is 1.25 bits per heavy atom. The maximum absolute atomic E-state index is 13.2. The predicted octanol–water partition coefficient (Wildman–Crippen LogP) is 2.44. The molecular formula is C13H23FN2. The minimum absolute atomic E-state index is 0.0257. The fourth-order valence-corrected chi connectivity index (χ4v) is 1.79. The summed E-state index contributed by atoms with van der Waals surface area (Å²) in [6, 6.07) is 0. The first-order valence-electron chi connectivity index (χ1n) is 6.07. The summed E-state index contributed by atoms with van der Waals surface area (Å²) in [6.45, 7) is 9.07. The van der Waals surface area contributed by atoms with E-state index in [1.807, 2.05) is 19.9 Å². The van der Waals surface area contributed by atoms with Crippen molar-refractivity contribution < 1.29 is 4.39 Å². The minimum atomic E-state index is -0.0257. The topological polar surface area (TPSA) is 6.48 Å². The maximum atomic E-state index is 13.2. The van der Waals surface area contributed by atoms with E-state index >= 15 is 0 Å². The van der Waals surface area contributed by atoms with Gasteiger partial charge in [0.25, 0.3) is 0 Å². The van der Waals surface area contributed by atoms with Crippen molar-refractivity contribution >= 4 is 0 Å². The summed E-state index contributed by atoms with van der Waals surface area (Å²) in [5.41, 5.74) is 1.09. The first-order chi connectivity index (χ1) is 7.65. The largest absolute Gasteiger partial charge is 0.304 e. The summed E-state index contributed by atoms with van der Waals surface area (Å²) in [6.07, 6.45) is 4.17. The molecule has 1 heterocycles. The minimum Gasteiger partial charge on any atom is -0.304 e. The standard InChI is InChI=1S/C13H23FN2/c1-4-12(10-13(14)5-2)11-16-8-6-15(3)7-9-16/h4,10H,5-9,11H2,1-3H3/b12-4+,13-10+. The molecule has 16 heavy (non-hydrogen) atoms. The van der Waals surface area contributed by atoms with E-state index in [-0.39, 0.29) is 5.83 Å². The molecule has 1 rings (SSSR count). The van der Waals surface area contributed by atoms with E-state index in [1.165, 1.54) is 0 Å². The van der Waals surface area contributed by atoms with Gasteiger partial charge in [-0.2, -0.15) is 0 Å². The highest BCUT2D eigenvalue weighted by atomic mass is 19.1. The van der Waals surface area contributed by atoms with Gasteiger partial charge in [0, 0.05) is 32.7 Å². The Bertz CT molecular complexity index is 263. The van der Waals surface area contributed by atoms with Crippen molar-refractivity contribution in [2.45, 2.75) is 20.3 Å². The Morgan fingerprint density at radius 2 is 1.88 bits per heavy atom. The zero-order chi connectivity index (χ0) is 12.0. The molecule has 0 aromatic heterocycles. The monoisotopic (exact) mass is 226 g/mol. The van der Waals surface area contributed by atoms with Crippen LogP contribution in [0.15, 0.2) is 23.6 Å². The van der Waals surface area contributed by atoms with Gasteiger partial charge in [-0.1, -0.05) is 13.0 Å². The van der Waals surface area contributed by atoms with E-state index in [4.69, 9.17) is 0 Å². The van der Waals surface area contributed by atoms with Crippen LogP contribution < -0.4 is 0 Å². The molecular weight excluding hydrogens is 203 g/mol. The second-order valence-corrected chi connectivity index (χ2v) is 4.39. The lowest BCUT2D eigenvalue weighted by molar-refractivity contribution is 0.164. The molecule has 1 saturated heterocycles. The third-order valence-electron chi connectivity index (χ3n) is 3.05. The van der Waals surface area contributed by atoms with E-state index in [2.05, 4.69) is 16.8 Å². The lowest BCUT2D eigenvalue weighted by Gasteiger charge is -2.32. The van der Waals surface area contributed by atoms with Gasteiger partial charge >= 0.3 is 0 Å². The third kappa shape index (κ3) is 4.45. The zero-order valence-corrected chi connectivity index (χ0v) is 10.7. The van der Waals surface area contributed by atoms with Gasteiger partial charge < -0.3 is 4.90 Å². The maximum Gasteiger partial charge on any atom is 0.0999 e. The average Bonchev–Trinajstić information content (AvgIpc) is 2.30. The second kappa shape index (κ2) is 6.81. The predicted molar refractivity (Wildman–Crippen MR) is 67.2 cm³/mol. The summed E-state index contributed by atoms with van der Waals surface area (Å²) < 4.78 is 13.2. The fourth-order valence-electron chi connectivity index (χ4n) is 1.79. The van der Waals surface area contributed by atoms with Crippen LogP contribution in [-0.4, -0.2) is 49.6 Å². The first kappa shape index (κ1) is 13.4. The molecule has 1 aliphatic rings. The molecule has 1 aliphatic heterocycles. The van der Waals surface area contributed by atoms with Crippen LogP contribution in [0.4, 0.5) is 4.39 Å². The molecule has 1 fully saturated rings. The zero-order valence-electron chi connectivity index (χ0n) is 10.7. The van der Waals surface area contributed by atoms with Gasteiger partial charge in [-0.25, -0.2) is 4.39 Å². The summed E-state index contributed by atoms with van der Waals surface area (Å²) in [5, 5.41) is 0. The SMILES string of the molecule is C/C=C(\C=C(\F)CC)CN1CCN(C)CC1. The molecule has 0 amide bonds. The number of nitrogens with zero attached hydrogens (tertiary/aromatic N) is 2. The van der Waals surface area contributed by atoms with Crippen molar-refractivity contribution in [3.8, 4) is 0 Å². The quantitative estimate of drug-likeness (QED) is 0.679. The van der Waals surface area contributed by atoms with Crippen molar-refractivity contribution in [3.63, 3.8) is 0 Å². The molecule has 92 valence electrons. The van der Waals surface area contributed by atoms with Crippen LogP contribution in [0, 0.1) is 0 Å². The van der Waals surface area contributed by atoms with Crippen molar-refractivity contribution in [1.29, 1.82) is 0 Å². The number of piperazine rings is 1. The van der Waals surface area contributed by atoms with Gasteiger partial charge in [0.15, 0.2) is 0 Å². The normalized spacial score (nSPS) is 21.5. The molecule has 0 radical (unpaired) electrons. The Kier molecular flexibility index (Phi) is 5.71. The average molecular weight is 226 g/mol. The summed E-state index contributed by atoms with van der Waals surface area (Å²) in [4.78, 5) is 4.71. The van der Waals surface area contributed by atoms with Crippen LogP contribution in [0.1, 0.15) is 20.3 Å². The van der Waals surface area contributed by atoms with Crippen LogP contribution in [0.2, 0.25) is 0 Å². The van der Waals surface area contributed by atoms with E-state index < -0.39 is 0 Å². The highest BCUT2D eigenvalue weighted by Gasteiger charge is 2.13. The third-order valence-corrected chi connectivity index (χ3v) is 3.05. The second-order valence-electron chi connectivity index (χ2n) is 4.39. The lowest BCUT2D eigenvalue weighted by atomic mass is 10.2. The molecule has 0 bridgehead atoms. The molecule has 0 aliphatic carbocycles. The lowest BCUT2D eigenvalue weighted by Crippen LogP contribution is -2.44. The molecule has 3 heteroatoms. The van der Waals surface area contributed by atoms with Crippen LogP contribution in [-0.2, 0) is 0 Å². The van der Waals surface area contributed by atoms with E-state index in [0.717, 1.165) is 38.3 Å². The molecule has 0 saturated carbocycles. The number of likely N-dealkylation sites (N-methyl/N-ethyl adjacent to an activating group) is 1. The van der Waals surface area contributed by atoms with E-state index in [0.29, 0.717) is 6.42 Å². The Hall–Kier alpha value is -0.670. The number of rotatable bonds is 4. The highest BCUT2D eigenvalue weighted by Crippen LogP contribution is 2.10. The smallest absolute Gasteiger partial charge is 0.0999 e. The van der Waals surface area contributed by atoms with Gasteiger partial charge in [-0.05, 0) is 32.0 Å². The summed E-state index contributed by atoms with van der Waals surface area (Å²) >= 11 is 0. The van der Waals surface area contributed by atoms with Crippen LogP contribution in [0.5, 0.6) is 0 Å². The van der Waals surface area contributed by atoms with Gasteiger partial charge in [0.05, 0.1) is 5.83 Å². The Balaban J connectivity index is 2.45. The van der Waals surface area contributed by atoms with Gasteiger partial charge in [0.2, 0.25) is 0 Å². The van der Waals surface area contributed by atoms with Crippen molar-refractivity contribution in [2.24, 2.45) is 0 Å². The highest BCUT2D eigenvalue weighted by molar-refractivity contribution is 5.22. The van der Waals surface area contributed by atoms with Crippen molar-refractivity contribution in [1.82, 2.24) is 9.80 Å². The molecule has 2 nitrogen and oxygen atoms in total. The van der Waals surface area contributed by atoms with Crippen LogP contribution >= 0.6 is 0 Å². The Morgan fingerprint density at radius 3 is 2.38 bits per heavy atom.